The first-order valence-corrected chi connectivity index (χ1v) is 6.48. The van der Waals surface area contributed by atoms with Crippen LogP contribution in [0, 0.1) is 12.7 Å². The summed E-state index contributed by atoms with van der Waals surface area (Å²) in [4.78, 5) is 8.61. The number of nitrogens with zero attached hydrogens (tertiary/aromatic N) is 2. The molecule has 0 fully saturated rings. The molecule has 2 aromatic rings. The summed E-state index contributed by atoms with van der Waals surface area (Å²) in [5.74, 6) is 0.495. The Bertz CT molecular complexity index is 528. The van der Waals surface area contributed by atoms with Crippen molar-refractivity contribution >= 4 is 0 Å². The Balaban J connectivity index is 2.37. The summed E-state index contributed by atoms with van der Waals surface area (Å²) in [6, 6.07) is 6.51. The maximum atomic E-state index is 13.2. The second-order valence-electron chi connectivity index (χ2n) is 4.50. The third-order valence-corrected chi connectivity index (χ3v) is 2.99. The SMILES string of the molecule is CCCNC(c1ncccn1)c1ccc(F)cc1C. The summed E-state index contributed by atoms with van der Waals surface area (Å²) < 4.78 is 13.2. The molecule has 0 amide bonds. The number of hydrogen-bond donors (Lipinski definition) is 1. The molecule has 1 unspecified atom stereocenters. The van der Waals surface area contributed by atoms with Gasteiger partial charge in [0.1, 0.15) is 11.6 Å². The second kappa shape index (κ2) is 6.38. The average molecular weight is 259 g/mol. The summed E-state index contributed by atoms with van der Waals surface area (Å²) >= 11 is 0. The smallest absolute Gasteiger partial charge is 0.149 e. The first-order chi connectivity index (χ1) is 9.22. The van der Waals surface area contributed by atoms with Crippen molar-refractivity contribution in [3.63, 3.8) is 0 Å². The van der Waals surface area contributed by atoms with Crippen LogP contribution in [-0.4, -0.2) is 16.5 Å². The highest BCUT2D eigenvalue weighted by atomic mass is 19.1. The maximum absolute atomic E-state index is 13.2. The number of halogens is 1. The standard InChI is InChI=1S/C15H18FN3/c1-3-7-17-14(15-18-8-4-9-19-15)13-6-5-12(16)10-11(13)2/h4-6,8-10,14,17H,3,7H2,1-2H3. The van der Waals surface area contributed by atoms with E-state index in [1.807, 2.05) is 6.92 Å². The molecule has 100 valence electrons. The highest BCUT2D eigenvalue weighted by Gasteiger charge is 2.18. The van der Waals surface area contributed by atoms with Gasteiger partial charge in [0.05, 0.1) is 6.04 Å². The molecule has 1 aromatic heterocycles. The van der Waals surface area contributed by atoms with Crippen molar-refractivity contribution < 1.29 is 4.39 Å². The van der Waals surface area contributed by atoms with Crippen molar-refractivity contribution in [3.8, 4) is 0 Å². The van der Waals surface area contributed by atoms with Crippen LogP contribution in [-0.2, 0) is 0 Å². The number of rotatable bonds is 5. The van der Waals surface area contributed by atoms with Crippen molar-refractivity contribution in [2.24, 2.45) is 0 Å². The van der Waals surface area contributed by atoms with Crippen molar-refractivity contribution in [3.05, 3.63) is 59.4 Å². The second-order valence-corrected chi connectivity index (χ2v) is 4.50. The van der Waals surface area contributed by atoms with Crippen LogP contribution in [0.4, 0.5) is 4.39 Å². The minimum Gasteiger partial charge on any atom is -0.304 e. The Hall–Kier alpha value is -1.81. The fourth-order valence-corrected chi connectivity index (χ4v) is 2.05. The topological polar surface area (TPSA) is 37.8 Å². The van der Waals surface area contributed by atoms with Crippen molar-refractivity contribution in [1.29, 1.82) is 0 Å². The van der Waals surface area contributed by atoms with Crippen LogP contribution in [0.1, 0.15) is 36.3 Å². The van der Waals surface area contributed by atoms with Gasteiger partial charge >= 0.3 is 0 Å². The number of hydrogen-bond acceptors (Lipinski definition) is 3. The van der Waals surface area contributed by atoms with E-state index in [-0.39, 0.29) is 11.9 Å². The molecule has 0 bridgehead atoms. The summed E-state index contributed by atoms with van der Waals surface area (Å²) in [7, 11) is 0. The van der Waals surface area contributed by atoms with Crippen molar-refractivity contribution in [2.75, 3.05) is 6.54 Å². The molecule has 1 aromatic carbocycles. The summed E-state index contributed by atoms with van der Waals surface area (Å²) in [6.07, 6.45) is 4.47. The molecular formula is C15H18FN3. The van der Waals surface area contributed by atoms with Gasteiger partial charge in [-0.15, -0.1) is 0 Å². The molecule has 0 saturated heterocycles. The lowest BCUT2D eigenvalue weighted by Crippen LogP contribution is -2.25. The molecule has 0 aliphatic rings. The van der Waals surface area contributed by atoms with Crippen LogP contribution in [0.5, 0.6) is 0 Å². The van der Waals surface area contributed by atoms with E-state index in [4.69, 9.17) is 0 Å². The first-order valence-electron chi connectivity index (χ1n) is 6.48. The number of benzene rings is 1. The van der Waals surface area contributed by atoms with E-state index in [0.29, 0.717) is 5.82 Å². The average Bonchev–Trinajstić information content (AvgIpc) is 2.42. The Morgan fingerprint density at radius 3 is 2.63 bits per heavy atom. The van der Waals surface area contributed by atoms with Gasteiger partial charge in [-0.2, -0.15) is 0 Å². The molecule has 1 atom stereocenters. The summed E-state index contributed by atoms with van der Waals surface area (Å²) in [6.45, 7) is 4.87. The number of aryl methyl sites for hydroxylation is 1. The Kier molecular flexibility index (Phi) is 4.58. The number of aromatic nitrogens is 2. The fraction of sp³-hybridized carbons (Fsp3) is 0.333. The molecule has 1 heterocycles. The van der Waals surface area contributed by atoms with Gasteiger partial charge in [0.2, 0.25) is 0 Å². The summed E-state index contributed by atoms with van der Waals surface area (Å²) in [5.41, 5.74) is 1.92. The van der Waals surface area contributed by atoms with Crippen LogP contribution in [0.25, 0.3) is 0 Å². The molecule has 0 radical (unpaired) electrons. The lowest BCUT2D eigenvalue weighted by atomic mass is 10.00. The fourth-order valence-electron chi connectivity index (χ4n) is 2.05. The highest BCUT2D eigenvalue weighted by molar-refractivity contribution is 5.33. The zero-order valence-electron chi connectivity index (χ0n) is 11.2. The summed E-state index contributed by atoms with van der Waals surface area (Å²) in [5, 5.41) is 3.41. The molecule has 4 heteroatoms. The molecular weight excluding hydrogens is 241 g/mol. The van der Waals surface area contributed by atoms with Gasteiger partial charge in [-0.25, -0.2) is 14.4 Å². The number of nitrogens with one attached hydrogen (secondary N) is 1. The quantitative estimate of drug-likeness (QED) is 0.897. The van der Waals surface area contributed by atoms with Crippen LogP contribution < -0.4 is 5.32 Å². The predicted molar refractivity (Wildman–Crippen MR) is 73.3 cm³/mol. The Labute approximate surface area is 112 Å². The molecule has 0 aliphatic heterocycles. The predicted octanol–water partition coefficient (Wildman–Crippen LogP) is 3.01. The molecule has 19 heavy (non-hydrogen) atoms. The van der Waals surface area contributed by atoms with Gasteiger partial charge < -0.3 is 5.32 Å². The van der Waals surface area contributed by atoms with Crippen LogP contribution >= 0.6 is 0 Å². The first kappa shape index (κ1) is 13.6. The highest BCUT2D eigenvalue weighted by Crippen LogP contribution is 2.22. The molecule has 0 spiro atoms. The molecule has 1 N–H and O–H groups in total. The maximum Gasteiger partial charge on any atom is 0.149 e. The van der Waals surface area contributed by atoms with E-state index in [9.17, 15) is 4.39 Å². The van der Waals surface area contributed by atoms with Crippen molar-refractivity contribution in [2.45, 2.75) is 26.3 Å². The minimum absolute atomic E-state index is 0.0956. The van der Waals surface area contributed by atoms with E-state index >= 15 is 0 Å². The zero-order chi connectivity index (χ0) is 13.7. The van der Waals surface area contributed by atoms with Gasteiger partial charge in [0, 0.05) is 12.4 Å². The Morgan fingerprint density at radius 1 is 1.26 bits per heavy atom. The monoisotopic (exact) mass is 259 g/mol. The van der Waals surface area contributed by atoms with E-state index in [1.54, 1.807) is 30.6 Å². The van der Waals surface area contributed by atoms with E-state index in [1.165, 1.54) is 6.07 Å². The van der Waals surface area contributed by atoms with Crippen LogP contribution in [0.2, 0.25) is 0 Å². The Morgan fingerprint density at radius 2 is 2.00 bits per heavy atom. The van der Waals surface area contributed by atoms with Crippen molar-refractivity contribution in [1.82, 2.24) is 15.3 Å². The van der Waals surface area contributed by atoms with Gasteiger partial charge in [-0.1, -0.05) is 13.0 Å². The van der Waals surface area contributed by atoms with Crippen LogP contribution in [0.15, 0.2) is 36.7 Å². The lowest BCUT2D eigenvalue weighted by Gasteiger charge is -2.19. The lowest BCUT2D eigenvalue weighted by molar-refractivity contribution is 0.566. The third-order valence-electron chi connectivity index (χ3n) is 2.99. The molecule has 0 saturated carbocycles. The van der Waals surface area contributed by atoms with Gasteiger partial charge in [0.15, 0.2) is 0 Å². The largest absolute Gasteiger partial charge is 0.304 e. The van der Waals surface area contributed by atoms with E-state index in [2.05, 4.69) is 22.2 Å². The molecule has 2 rings (SSSR count). The van der Waals surface area contributed by atoms with E-state index in [0.717, 1.165) is 24.1 Å². The molecule has 0 aliphatic carbocycles. The van der Waals surface area contributed by atoms with Crippen LogP contribution in [0.3, 0.4) is 0 Å². The molecule has 3 nitrogen and oxygen atoms in total. The minimum atomic E-state index is -0.218. The van der Waals surface area contributed by atoms with Gasteiger partial charge in [-0.3, -0.25) is 0 Å². The zero-order valence-corrected chi connectivity index (χ0v) is 11.2. The normalized spacial score (nSPS) is 12.4. The van der Waals surface area contributed by atoms with E-state index < -0.39 is 0 Å². The van der Waals surface area contributed by atoms with Gasteiger partial charge in [-0.05, 0) is 49.2 Å². The third kappa shape index (κ3) is 3.35. The van der Waals surface area contributed by atoms with Gasteiger partial charge in [0.25, 0.3) is 0 Å².